The van der Waals surface area contributed by atoms with Gasteiger partial charge in [-0.15, -0.1) is 0 Å². The summed E-state index contributed by atoms with van der Waals surface area (Å²) in [6, 6.07) is 14.5. The molecule has 6 nitrogen and oxygen atoms in total. The molecule has 0 spiro atoms. The van der Waals surface area contributed by atoms with Gasteiger partial charge in [0.05, 0.1) is 18.9 Å². The van der Waals surface area contributed by atoms with Gasteiger partial charge in [-0.3, -0.25) is 24.2 Å². The lowest BCUT2D eigenvalue weighted by molar-refractivity contribution is -0.140. The van der Waals surface area contributed by atoms with E-state index in [1.807, 2.05) is 31.2 Å². The molecule has 33 heavy (non-hydrogen) atoms. The van der Waals surface area contributed by atoms with Crippen LogP contribution in [0.2, 0.25) is 0 Å². The van der Waals surface area contributed by atoms with Crippen LogP contribution >= 0.6 is 0 Å². The van der Waals surface area contributed by atoms with E-state index < -0.39 is 0 Å². The Hall–Kier alpha value is -3.41. The molecule has 0 N–H and O–H groups in total. The molecule has 0 radical (unpaired) electrons. The van der Waals surface area contributed by atoms with Crippen molar-refractivity contribution in [2.75, 3.05) is 18.7 Å². The van der Waals surface area contributed by atoms with Crippen LogP contribution in [0.5, 0.6) is 5.75 Å². The van der Waals surface area contributed by atoms with Crippen LogP contribution in [-0.2, 0) is 9.59 Å². The Bertz CT molecular complexity index is 1170. The Morgan fingerprint density at radius 2 is 1.67 bits per heavy atom. The highest BCUT2D eigenvalue weighted by Crippen LogP contribution is 2.65. The van der Waals surface area contributed by atoms with Crippen LogP contribution in [0.15, 0.2) is 60.7 Å². The van der Waals surface area contributed by atoms with E-state index >= 15 is 0 Å². The molecule has 5 aliphatic rings. The first-order valence-corrected chi connectivity index (χ1v) is 11.5. The van der Waals surface area contributed by atoms with Crippen LogP contribution in [0, 0.1) is 42.4 Å². The van der Waals surface area contributed by atoms with Crippen molar-refractivity contribution in [2.24, 2.45) is 35.5 Å². The quantitative estimate of drug-likeness (QED) is 0.524. The van der Waals surface area contributed by atoms with Crippen molar-refractivity contribution in [3.05, 3.63) is 71.8 Å². The van der Waals surface area contributed by atoms with E-state index in [0.29, 0.717) is 28.8 Å². The van der Waals surface area contributed by atoms with Gasteiger partial charge in [-0.25, -0.2) is 0 Å². The predicted molar refractivity (Wildman–Crippen MR) is 122 cm³/mol. The molecule has 3 amide bonds. The number of para-hydroxylation sites is 1. The zero-order valence-corrected chi connectivity index (χ0v) is 18.7. The number of hydrogen-bond acceptors (Lipinski definition) is 4. The number of ether oxygens (including phenoxy) is 1. The molecule has 2 aromatic carbocycles. The summed E-state index contributed by atoms with van der Waals surface area (Å²) >= 11 is 0. The number of anilines is 1. The Morgan fingerprint density at radius 3 is 2.30 bits per heavy atom. The van der Waals surface area contributed by atoms with Crippen LogP contribution in [0.3, 0.4) is 0 Å². The third kappa shape index (κ3) is 2.96. The van der Waals surface area contributed by atoms with Crippen molar-refractivity contribution in [3.63, 3.8) is 0 Å². The molecule has 2 aromatic rings. The Balaban J connectivity index is 1.35. The Morgan fingerprint density at radius 1 is 1.00 bits per heavy atom. The summed E-state index contributed by atoms with van der Waals surface area (Å²) in [4.78, 5) is 43.6. The number of methoxy groups -OCH3 is 1. The minimum absolute atomic E-state index is 0.0830. The summed E-state index contributed by atoms with van der Waals surface area (Å²) in [7, 11) is 1.55. The van der Waals surface area contributed by atoms with Crippen molar-refractivity contribution in [2.45, 2.75) is 13.3 Å². The highest BCUT2D eigenvalue weighted by Gasteiger charge is 2.67. The molecule has 2 saturated carbocycles. The number of benzene rings is 2. The monoisotopic (exact) mass is 442 g/mol. The average Bonchev–Trinajstić information content (AvgIpc) is 3.63. The molecule has 7 rings (SSSR count). The number of imide groups is 1. The van der Waals surface area contributed by atoms with Gasteiger partial charge in [0.1, 0.15) is 12.4 Å². The molecular weight excluding hydrogens is 416 g/mol. The fourth-order valence-electron chi connectivity index (χ4n) is 6.33. The number of aryl methyl sites for hydroxylation is 1. The molecule has 1 heterocycles. The standard InChI is InChI=1S/C27H26N2O4/c1-15-6-3-4-9-22(15)28(25(30)16-7-5-8-17(12-16)33-2)14-29-26(31)23-18-10-11-19(21-13-20(18)21)24(23)27(29)32/h3-12,18-21,23-24H,13-14H2,1-2H3/t18-,19-,20-,21-,23-,24+/m0/s1. The van der Waals surface area contributed by atoms with E-state index in [1.54, 1.807) is 36.3 Å². The molecular formula is C27H26N2O4. The smallest absolute Gasteiger partial charge is 0.259 e. The normalized spacial score (nSPS) is 30.8. The van der Waals surface area contributed by atoms with E-state index in [2.05, 4.69) is 12.2 Å². The molecule has 168 valence electrons. The van der Waals surface area contributed by atoms with Crippen LogP contribution < -0.4 is 9.64 Å². The van der Waals surface area contributed by atoms with Crippen LogP contribution in [0.4, 0.5) is 5.69 Å². The average molecular weight is 443 g/mol. The van der Waals surface area contributed by atoms with Gasteiger partial charge in [-0.1, -0.05) is 36.4 Å². The molecule has 0 aromatic heterocycles. The summed E-state index contributed by atoms with van der Waals surface area (Å²) in [6.45, 7) is 1.84. The number of carbonyl (C=O) groups is 3. The highest BCUT2D eigenvalue weighted by atomic mass is 16.5. The molecule has 4 aliphatic carbocycles. The van der Waals surface area contributed by atoms with E-state index in [-0.39, 0.29) is 48.1 Å². The fraction of sp³-hybridized carbons (Fsp3) is 0.370. The summed E-state index contributed by atoms with van der Waals surface area (Å²) in [5, 5.41) is 0. The second kappa shape index (κ2) is 7.30. The molecule has 2 bridgehead atoms. The molecule has 1 saturated heterocycles. The maximum Gasteiger partial charge on any atom is 0.259 e. The van der Waals surface area contributed by atoms with Crippen molar-refractivity contribution >= 4 is 23.4 Å². The minimum atomic E-state index is -0.276. The van der Waals surface area contributed by atoms with Gasteiger partial charge in [0, 0.05) is 11.3 Å². The summed E-state index contributed by atoms with van der Waals surface area (Å²) in [5.74, 6) is 0.893. The topological polar surface area (TPSA) is 66.9 Å². The van der Waals surface area contributed by atoms with Gasteiger partial charge in [0.25, 0.3) is 5.91 Å². The van der Waals surface area contributed by atoms with E-state index in [4.69, 9.17) is 4.74 Å². The summed E-state index contributed by atoms with van der Waals surface area (Å²) in [5.41, 5.74) is 2.02. The van der Waals surface area contributed by atoms with Crippen molar-refractivity contribution < 1.29 is 19.1 Å². The predicted octanol–water partition coefficient (Wildman–Crippen LogP) is 3.66. The molecule has 3 fully saturated rings. The Labute approximate surface area is 192 Å². The lowest BCUT2D eigenvalue weighted by Gasteiger charge is -2.37. The van der Waals surface area contributed by atoms with Crippen LogP contribution in [0.25, 0.3) is 0 Å². The first-order chi connectivity index (χ1) is 16.0. The number of nitrogens with zero attached hydrogens (tertiary/aromatic N) is 2. The van der Waals surface area contributed by atoms with E-state index in [9.17, 15) is 14.4 Å². The second-order valence-corrected chi connectivity index (χ2v) is 9.65. The number of rotatable bonds is 5. The second-order valence-electron chi connectivity index (χ2n) is 9.65. The minimum Gasteiger partial charge on any atom is -0.497 e. The summed E-state index contributed by atoms with van der Waals surface area (Å²) in [6.07, 6.45) is 5.45. The highest BCUT2D eigenvalue weighted by molar-refractivity contribution is 6.10. The molecule has 0 unspecified atom stereocenters. The number of allylic oxidation sites excluding steroid dienone is 2. The maximum atomic E-state index is 13.7. The van der Waals surface area contributed by atoms with Crippen LogP contribution in [-0.4, -0.2) is 36.4 Å². The third-order valence-electron chi connectivity index (χ3n) is 8.01. The van der Waals surface area contributed by atoms with Gasteiger partial charge < -0.3 is 4.74 Å². The van der Waals surface area contributed by atoms with Gasteiger partial charge in [0.2, 0.25) is 11.8 Å². The van der Waals surface area contributed by atoms with Gasteiger partial charge in [-0.05, 0) is 66.8 Å². The molecule has 6 atom stereocenters. The van der Waals surface area contributed by atoms with Crippen molar-refractivity contribution in [3.8, 4) is 5.75 Å². The van der Waals surface area contributed by atoms with E-state index in [0.717, 1.165) is 12.0 Å². The number of hydrogen-bond donors (Lipinski definition) is 0. The van der Waals surface area contributed by atoms with Crippen molar-refractivity contribution in [1.29, 1.82) is 0 Å². The SMILES string of the molecule is COc1cccc(C(=O)N(CN2C(=O)[C@@H]3[C@H]4C=C[C@@H]([C@@H]5C[C@@H]45)[C@@H]3C2=O)c2ccccc2C)c1. The van der Waals surface area contributed by atoms with Gasteiger partial charge in [0.15, 0.2) is 0 Å². The first-order valence-electron chi connectivity index (χ1n) is 11.5. The number of carbonyl (C=O) groups excluding carboxylic acids is 3. The fourth-order valence-corrected chi connectivity index (χ4v) is 6.33. The number of likely N-dealkylation sites (tertiary alicyclic amines) is 1. The van der Waals surface area contributed by atoms with E-state index in [1.165, 1.54) is 4.90 Å². The van der Waals surface area contributed by atoms with Gasteiger partial charge in [-0.2, -0.15) is 0 Å². The third-order valence-corrected chi connectivity index (χ3v) is 8.01. The van der Waals surface area contributed by atoms with Crippen LogP contribution in [0.1, 0.15) is 22.3 Å². The molecule has 6 heteroatoms. The zero-order chi connectivity index (χ0) is 22.9. The molecule has 1 aliphatic heterocycles. The Kier molecular flexibility index (Phi) is 4.47. The number of amides is 3. The van der Waals surface area contributed by atoms with Crippen molar-refractivity contribution in [1.82, 2.24) is 4.90 Å². The maximum absolute atomic E-state index is 13.7. The summed E-state index contributed by atoms with van der Waals surface area (Å²) < 4.78 is 5.29. The lowest BCUT2D eigenvalue weighted by atomic mass is 9.63. The lowest BCUT2D eigenvalue weighted by Crippen LogP contribution is -2.45. The first kappa shape index (κ1) is 20.2. The zero-order valence-electron chi connectivity index (χ0n) is 18.7. The largest absolute Gasteiger partial charge is 0.497 e. The van der Waals surface area contributed by atoms with Gasteiger partial charge >= 0.3 is 0 Å².